The molecule has 1 aliphatic heterocycles. The zero-order chi connectivity index (χ0) is 15.5. The van der Waals surface area contributed by atoms with Crippen molar-refractivity contribution < 1.29 is 9.90 Å². The number of carbonyl (C=O) groups is 1. The summed E-state index contributed by atoms with van der Waals surface area (Å²) in [7, 11) is 0. The van der Waals surface area contributed by atoms with Crippen molar-refractivity contribution in [2.24, 2.45) is 5.73 Å². The molecular formula is C17H26N2O2. The van der Waals surface area contributed by atoms with Crippen molar-refractivity contribution in [3.8, 4) is 0 Å². The number of hydrogen-bond donors (Lipinski definition) is 2. The maximum Gasteiger partial charge on any atom is 0.323 e. The molecule has 0 amide bonds. The van der Waals surface area contributed by atoms with Gasteiger partial charge in [0, 0.05) is 18.3 Å². The molecule has 1 aliphatic rings. The number of aliphatic carboxylic acids is 1. The zero-order valence-corrected chi connectivity index (χ0v) is 13.0. The fourth-order valence-corrected chi connectivity index (χ4v) is 2.98. The Morgan fingerprint density at radius 3 is 2.86 bits per heavy atom. The van der Waals surface area contributed by atoms with Gasteiger partial charge in [-0.2, -0.15) is 0 Å². The number of unbranched alkanes of at least 4 members (excludes halogenated alkanes) is 1. The van der Waals surface area contributed by atoms with E-state index in [1.807, 2.05) is 0 Å². The van der Waals surface area contributed by atoms with Crippen LogP contribution < -0.4 is 10.6 Å². The van der Waals surface area contributed by atoms with Crippen molar-refractivity contribution >= 4 is 11.7 Å². The number of aryl methyl sites for hydroxylation is 1. The van der Waals surface area contributed by atoms with Gasteiger partial charge in [0.1, 0.15) is 5.54 Å². The third kappa shape index (κ3) is 3.76. The van der Waals surface area contributed by atoms with E-state index in [1.54, 1.807) is 6.92 Å². The van der Waals surface area contributed by atoms with E-state index in [-0.39, 0.29) is 0 Å². The summed E-state index contributed by atoms with van der Waals surface area (Å²) < 4.78 is 0. The van der Waals surface area contributed by atoms with Crippen LogP contribution in [0.1, 0.15) is 45.1 Å². The molecule has 2 rings (SSSR count). The van der Waals surface area contributed by atoms with Crippen LogP contribution in [0.2, 0.25) is 0 Å². The predicted octanol–water partition coefficient (Wildman–Crippen LogP) is 2.80. The smallest absolute Gasteiger partial charge is 0.323 e. The van der Waals surface area contributed by atoms with Crippen molar-refractivity contribution in [2.45, 2.75) is 57.5 Å². The quantitative estimate of drug-likeness (QED) is 0.791. The van der Waals surface area contributed by atoms with Crippen molar-refractivity contribution in [1.29, 1.82) is 0 Å². The van der Waals surface area contributed by atoms with Gasteiger partial charge >= 0.3 is 5.97 Å². The summed E-state index contributed by atoms with van der Waals surface area (Å²) in [6.45, 7) is 4.82. The number of nitrogens with zero attached hydrogens (tertiary/aromatic N) is 1. The Labute approximate surface area is 126 Å². The second-order valence-electron chi connectivity index (χ2n) is 6.39. The molecule has 0 spiro atoms. The van der Waals surface area contributed by atoms with Gasteiger partial charge in [0.2, 0.25) is 0 Å². The highest BCUT2D eigenvalue weighted by Gasteiger charge is 2.27. The molecule has 3 N–H and O–H groups in total. The number of para-hydroxylation sites is 1. The van der Waals surface area contributed by atoms with Crippen LogP contribution in [0.15, 0.2) is 24.3 Å². The molecule has 0 radical (unpaired) electrons. The molecule has 1 aromatic rings. The summed E-state index contributed by atoms with van der Waals surface area (Å²) in [5, 5.41) is 9.03. The summed E-state index contributed by atoms with van der Waals surface area (Å²) in [6, 6.07) is 9.12. The Kier molecular flexibility index (Phi) is 4.88. The van der Waals surface area contributed by atoms with Gasteiger partial charge in [0.05, 0.1) is 0 Å². The van der Waals surface area contributed by atoms with Crippen LogP contribution >= 0.6 is 0 Å². The standard InChI is InChI=1S/C17H26N2O2/c1-13-9-10-14-7-3-4-8-15(14)19(13)12-6-5-11-17(2,18)16(20)21/h3-4,7-8,13H,5-6,9-12,18H2,1-2H3,(H,20,21). The van der Waals surface area contributed by atoms with E-state index < -0.39 is 11.5 Å². The SMILES string of the molecule is CC1CCc2ccccc2N1CCCCC(C)(N)C(=O)O. The molecular weight excluding hydrogens is 264 g/mol. The van der Waals surface area contributed by atoms with Gasteiger partial charge in [0.25, 0.3) is 0 Å². The van der Waals surface area contributed by atoms with Crippen molar-refractivity contribution in [2.75, 3.05) is 11.4 Å². The minimum absolute atomic E-state index is 0.520. The van der Waals surface area contributed by atoms with E-state index in [1.165, 1.54) is 17.7 Å². The first kappa shape index (κ1) is 15.8. The van der Waals surface area contributed by atoms with E-state index in [4.69, 9.17) is 10.8 Å². The number of hydrogen-bond acceptors (Lipinski definition) is 3. The Morgan fingerprint density at radius 1 is 1.43 bits per heavy atom. The summed E-state index contributed by atoms with van der Waals surface area (Å²) in [4.78, 5) is 13.4. The molecule has 4 heteroatoms. The van der Waals surface area contributed by atoms with Gasteiger partial charge < -0.3 is 15.7 Å². The molecule has 0 aliphatic carbocycles. The Balaban J connectivity index is 1.90. The summed E-state index contributed by atoms with van der Waals surface area (Å²) in [5.74, 6) is -0.917. The molecule has 1 aromatic carbocycles. The van der Waals surface area contributed by atoms with Crippen LogP contribution in [0.3, 0.4) is 0 Å². The average molecular weight is 290 g/mol. The molecule has 4 nitrogen and oxygen atoms in total. The molecule has 0 fully saturated rings. The van der Waals surface area contributed by atoms with Crippen LogP contribution in [-0.4, -0.2) is 29.2 Å². The zero-order valence-electron chi connectivity index (χ0n) is 13.0. The van der Waals surface area contributed by atoms with Crippen molar-refractivity contribution in [3.05, 3.63) is 29.8 Å². The van der Waals surface area contributed by atoms with Crippen molar-refractivity contribution in [1.82, 2.24) is 0 Å². The third-order valence-electron chi connectivity index (χ3n) is 4.50. The summed E-state index contributed by atoms with van der Waals surface area (Å²) in [5.41, 5.74) is 7.42. The van der Waals surface area contributed by atoms with Gasteiger partial charge in [-0.15, -0.1) is 0 Å². The summed E-state index contributed by atoms with van der Waals surface area (Å²) >= 11 is 0. The fraction of sp³-hybridized carbons (Fsp3) is 0.588. The number of rotatable bonds is 6. The molecule has 1 heterocycles. The Bertz CT molecular complexity index is 499. The molecule has 0 bridgehead atoms. The average Bonchev–Trinajstić information content (AvgIpc) is 2.45. The monoisotopic (exact) mass is 290 g/mol. The Morgan fingerprint density at radius 2 is 2.14 bits per heavy atom. The second kappa shape index (κ2) is 6.48. The third-order valence-corrected chi connectivity index (χ3v) is 4.50. The second-order valence-corrected chi connectivity index (χ2v) is 6.39. The first-order valence-electron chi connectivity index (χ1n) is 7.78. The number of benzene rings is 1. The lowest BCUT2D eigenvalue weighted by atomic mass is 9.94. The highest BCUT2D eigenvalue weighted by atomic mass is 16.4. The van der Waals surface area contributed by atoms with Gasteiger partial charge in [-0.25, -0.2) is 0 Å². The van der Waals surface area contributed by atoms with E-state index in [0.717, 1.165) is 25.8 Å². The van der Waals surface area contributed by atoms with Crippen LogP contribution in [-0.2, 0) is 11.2 Å². The maximum absolute atomic E-state index is 11.0. The highest BCUT2D eigenvalue weighted by molar-refractivity contribution is 5.77. The maximum atomic E-state index is 11.0. The number of nitrogens with two attached hydrogens (primary N) is 1. The molecule has 2 unspecified atom stereocenters. The summed E-state index contributed by atoms with van der Waals surface area (Å²) in [6.07, 6.45) is 4.66. The first-order valence-corrected chi connectivity index (χ1v) is 7.78. The first-order chi connectivity index (χ1) is 9.92. The number of carboxylic acid groups (broad SMARTS) is 1. The van der Waals surface area contributed by atoms with Crippen molar-refractivity contribution in [3.63, 3.8) is 0 Å². The van der Waals surface area contributed by atoms with E-state index >= 15 is 0 Å². The molecule has 0 saturated heterocycles. The minimum Gasteiger partial charge on any atom is -0.480 e. The van der Waals surface area contributed by atoms with Gasteiger partial charge in [-0.1, -0.05) is 18.2 Å². The molecule has 0 aromatic heterocycles. The van der Waals surface area contributed by atoms with Crippen LogP contribution in [0.5, 0.6) is 0 Å². The van der Waals surface area contributed by atoms with Gasteiger partial charge in [-0.3, -0.25) is 4.79 Å². The van der Waals surface area contributed by atoms with Crippen LogP contribution in [0.4, 0.5) is 5.69 Å². The van der Waals surface area contributed by atoms with Crippen LogP contribution in [0.25, 0.3) is 0 Å². The fourth-order valence-electron chi connectivity index (χ4n) is 2.98. The molecule has 21 heavy (non-hydrogen) atoms. The largest absolute Gasteiger partial charge is 0.480 e. The lowest BCUT2D eigenvalue weighted by Gasteiger charge is -2.37. The van der Waals surface area contributed by atoms with E-state index in [0.29, 0.717) is 12.5 Å². The van der Waals surface area contributed by atoms with Gasteiger partial charge in [-0.05, 0) is 57.6 Å². The molecule has 116 valence electrons. The number of fused-ring (bicyclic) bond motifs is 1. The normalized spacial score (nSPS) is 20.7. The van der Waals surface area contributed by atoms with E-state index in [9.17, 15) is 4.79 Å². The molecule has 0 saturated carbocycles. The predicted molar refractivity (Wildman–Crippen MR) is 85.7 cm³/mol. The minimum atomic E-state index is -1.11. The lowest BCUT2D eigenvalue weighted by molar-refractivity contribution is -0.142. The topological polar surface area (TPSA) is 66.6 Å². The number of anilines is 1. The lowest BCUT2D eigenvalue weighted by Crippen LogP contribution is -2.45. The number of carboxylic acids is 1. The Hall–Kier alpha value is -1.55. The highest BCUT2D eigenvalue weighted by Crippen LogP contribution is 2.30. The van der Waals surface area contributed by atoms with E-state index in [2.05, 4.69) is 36.1 Å². The van der Waals surface area contributed by atoms with Crippen LogP contribution in [0, 0.1) is 0 Å². The van der Waals surface area contributed by atoms with Gasteiger partial charge in [0.15, 0.2) is 0 Å². The molecule has 2 atom stereocenters.